The minimum Gasteiger partial charge on any atom is -0.479 e. The maximum absolute atomic E-state index is 13.1. The van der Waals surface area contributed by atoms with Gasteiger partial charge in [0.2, 0.25) is 0 Å². The van der Waals surface area contributed by atoms with Crippen molar-refractivity contribution in [2.75, 3.05) is 32.1 Å². The number of primary amides is 1. The van der Waals surface area contributed by atoms with Crippen LogP contribution in [0, 0.1) is 16.0 Å². The lowest BCUT2D eigenvalue weighted by Crippen LogP contribution is -2.47. The first-order valence-corrected chi connectivity index (χ1v) is 15.0. The van der Waals surface area contributed by atoms with Gasteiger partial charge in [-0.2, -0.15) is 13.2 Å². The van der Waals surface area contributed by atoms with E-state index in [0.717, 1.165) is 44.0 Å². The number of amides is 1. The number of carbonyl (C=O) groups excluding carboxylic acids is 1. The predicted molar refractivity (Wildman–Crippen MR) is 164 cm³/mol. The minimum atomic E-state index is -4.22. The van der Waals surface area contributed by atoms with Crippen LogP contribution in [0.15, 0.2) is 58.7 Å². The van der Waals surface area contributed by atoms with E-state index in [0.29, 0.717) is 16.1 Å². The summed E-state index contributed by atoms with van der Waals surface area (Å²) in [5.41, 5.74) is 10.2. The highest BCUT2D eigenvalue weighted by atomic mass is 32.1. The van der Waals surface area contributed by atoms with E-state index >= 15 is 0 Å². The molecule has 0 spiro atoms. The summed E-state index contributed by atoms with van der Waals surface area (Å²) in [6.45, 7) is 5.79. The highest BCUT2D eigenvalue weighted by Gasteiger charge is 2.62. The lowest BCUT2D eigenvalue weighted by atomic mass is 9.93. The normalized spacial score (nSPS) is 23.3. The number of ether oxygens (including phenoxy) is 1. The highest BCUT2D eigenvalue weighted by Crippen LogP contribution is 2.59. The maximum atomic E-state index is 13.1. The van der Waals surface area contributed by atoms with Crippen molar-refractivity contribution < 1.29 is 22.7 Å². The first-order valence-electron chi connectivity index (χ1n) is 14.6. The van der Waals surface area contributed by atoms with Crippen LogP contribution < -0.4 is 16.8 Å². The van der Waals surface area contributed by atoms with Crippen molar-refractivity contribution in [3.8, 4) is 0 Å². The van der Waals surface area contributed by atoms with Crippen LogP contribution in [0.5, 0.6) is 0 Å². The molecule has 3 aliphatic rings. The Morgan fingerprint density at radius 2 is 2.05 bits per heavy atom. The quantitative estimate of drug-likeness (QED) is 0.104. The predicted octanol–water partition coefficient (Wildman–Crippen LogP) is 5.18. The molecule has 4 rings (SSSR count). The van der Waals surface area contributed by atoms with E-state index in [1.807, 2.05) is 30.1 Å². The number of hydrogen-bond acceptors (Lipinski definition) is 8. The second-order valence-electron chi connectivity index (χ2n) is 12.2. The molecule has 3 heterocycles. The van der Waals surface area contributed by atoms with Gasteiger partial charge in [0.05, 0.1) is 17.6 Å². The van der Waals surface area contributed by atoms with Gasteiger partial charge in [-0.05, 0) is 82.6 Å². The third-order valence-corrected chi connectivity index (χ3v) is 8.78. The van der Waals surface area contributed by atoms with Gasteiger partial charge in [-0.25, -0.2) is 0 Å². The van der Waals surface area contributed by atoms with Crippen LogP contribution in [0.1, 0.15) is 52.4 Å². The molecule has 1 amide bonds. The van der Waals surface area contributed by atoms with Gasteiger partial charge >= 0.3 is 6.18 Å². The molecule has 1 saturated carbocycles. The molecule has 2 fully saturated rings. The van der Waals surface area contributed by atoms with Crippen molar-refractivity contribution in [2.45, 2.75) is 70.3 Å². The monoisotopic (exact) mass is 621 g/mol. The number of anilines is 1. The minimum absolute atomic E-state index is 0.00880. The molecule has 0 aromatic carbocycles. The van der Waals surface area contributed by atoms with Gasteiger partial charge in [-0.15, -0.1) is 0 Å². The molecule has 0 bridgehead atoms. The standard InChI is InChI=1S/C30H42F3N7O2S/c1-28(2)18-20(6-5-15-36-23-7-4-8-25(43)38-23)19-40(28)27-21(26(35)41)9-10-24(39(27)3)37-16-11-22(34)42-17-14-29(12-13-29)30(31,32)33/h4,7-11,16,20,24H,5-6,12-15,17-19,34H2,1-3H3,(H2,35,41)(H2,36,38,43). The van der Waals surface area contributed by atoms with Crippen molar-refractivity contribution in [3.05, 3.63) is 58.3 Å². The SMILES string of the molecule is CN1C(N2CC(CCCNc3cccc(=S)[nH]3)CC2(C)C)=C(C(N)=O)C=CC1N=CC=C(N)OCCC1(C(F)(F)F)CC1. The number of likely N-dealkylation sites (N-methyl/N-ethyl adjacent to an activating group) is 1. The second-order valence-corrected chi connectivity index (χ2v) is 12.7. The van der Waals surface area contributed by atoms with E-state index in [2.05, 4.69) is 34.0 Å². The zero-order chi connectivity index (χ0) is 31.4. The Morgan fingerprint density at radius 1 is 1.30 bits per heavy atom. The van der Waals surface area contributed by atoms with Crippen LogP contribution in [-0.4, -0.2) is 71.5 Å². The van der Waals surface area contributed by atoms with E-state index in [1.54, 1.807) is 12.2 Å². The average molecular weight is 622 g/mol. The third kappa shape index (κ3) is 7.92. The summed E-state index contributed by atoms with van der Waals surface area (Å²) in [4.78, 5) is 24.3. The molecule has 13 heteroatoms. The molecule has 43 heavy (non-hydrogen) atoms. The number of alkyl halides is 3. The topological polar surface area (TPSA) is 125 Å². The lowest BCUT2D eigenvalue weighted by molar-refractivity contribution is -0.191. The number of rotatable bonds is 13. The molecule has 0 radical (unpaired) electrons. The number of pyridine rings is 1. The highest BCUT2D eigenvalue weighted by molar-refractivity contribution is 7.71. The molecule has 1 aromatic rings. The molecule has 9 nitrogen and oxygen atoms in total. The van der Waals surface area contributed by atoms with Crippen molar-refractivity contribution in [1.29, 1.82) is 0 Å². The summed E-state index contributed by atoms with van der Waals surface area (Å²) < 4.78 is 45.4. The molecule has 2 aliphatic heterocycles. The van der Waals surface area contributed by atoms with E-state index < -0.39 is 23.7 Å². The van der Waals surface area contributed by atoms with Crippen LogP contribution >= 0.6 is 12.2 Å². The molecule has 1 saturated heterocycles. The third-order valence-electron chi connectivity index (χ3n) is 8.54. The van der Waals surface area contributed by atoms with Crippen molar-refractivity contribution in [1.82, 2.24) is 14.8 Å². The molecule has 1 aliphatic carbocycles. The fourth-order valence-corrected chi connectivity index (χ4v) is 6.13. The number of aromatic nitrogens is 1. The maximum Gasteiger partial charge on any atom is 0.394 e. The summed E-state index contributed by atoms with van der Waals surface area (Å²) >= 11 is 5.18. The Labute approximate surface area is 255 Å². The van der Waals surface area contributed by atoms with Gasteiger partial charge in [0.25, 0.3) is 5.91 Å². The Morgan fingerprint density at radius 3 is 2.70 bits per heavy atom. The molecule has 236 valence electrons. The summed E-state index contributed by atoms with van der Waals surface area (Å²) in [6, 6.07) is 5.71. The van der Waals surface area contributed by atoms with E-state index in [4.69, 9.17) is 28.4 Å². The summed E-state index contributed by atoms with van der Waals surface area (Å²) in [7, 11) is 1.86. The molecular formula is C30H42F3N7O2S. The Bertz CT molecular complexity index is 1350. The first-order chi connectivity index (χ1) is 20.2. The van der Waals surface area contributed by atoms with Crippen molar-refractivity contribution >= 4 is 30.2 Å². The Hall–Kier alpha value is -3.48. The number of aliphatic imine (C=N–C) groups is 1. The van der Waals surface area contributed by atoms with E-state index in [-0.39, 0.29) is 37.3 Å². The number of likely N-dealkylation sites (tertiary alicyclic amines) is 1. The fraction of sp³-hybridized carbons (Fsp3) is 0.567. The number of hydrogen-bond donors (Lipinski definition) is 4. The smallest absolute Gasteiger partial charge is 0.394 e. The molecule has 6 N–H and O–H groups in total. The number of halogens is 3. The van der Waals surface area contributed by atoms with Crippen LogP contribution in [0.2, 0.25) is 0 Å². The largest absolute Gasteiger partial charge is 0.479 e. The number of allylic oxidation sites excluding steroid dienone is 1. The van der Waals surface area contributed by atoms with Crippen LogP contribution in [-0.2, 0) is 9.53 Å². The van der Waals surface area contributed by atoms with Gasteiger partial charge in [-0.3, -0.25) is 9.79 Å². The van der Waals surface area contributed by atoms with Gasteiger partial charge in [-0.1, -0.05) is 18.3 Å². The van der Waals surface area contributed by atoms with Crippen molar-refractivity contribution in [2.24, 2.45) is 27.8 Å². The molecule has 2 atom stereocenters. The molecular weight excluding hydrogens is 579 g/mol. The number of carbonyl (C=O) groups is 1. The van der Waals surface area contributed by atoms with Gasteiger partial charge < -0.3 is 36.3 Å². The zero-order valence-electron chi connectivity index (χ0n) is 24.9. The van der Waals surface area contributed by atoms with Gasteiger partial charge in [0, 0.05) is 38.0 Å². The zero-order valence-corrected chi connectivity index (χ0v) is 25.7. The van der Waals surface area contributed by atoms with E-state index in [9.17, 15) is 18.0 Å². The fourth-order valence-electron chi connectivity index (χ4n) is 5.94. The van der Waals surface area contributed by atoms with Crippen molar-refractivity contribution in [3.63, 3.8) is 0 Å². The number of nitrogens with zero attached hydrogens (tertiary/aromatic N) is 3. The van der Waals surface area contributed by atoms with E-state index in [1.165, 1.54) is 12.3 Å². The molecule has 2 unspecified atom stereocenters. The summed E-state index contributed by atoms with van der Waals surface area (Å²) in [5, 5.41) is 3.39. The molecule has 1 aromatic heterocycles. The number of nitrogens with one attached hydrogen (secondary N) is 2. The average Bonchev–Trinajstić information content (AvgIpc) is 3.65. The van der Waals surface area contributed by atoms with Crippen LogP contribution in [0.3, 0.4) is 0 Å². The van der Waals surface area contributed by atoms with Gasteiger partial charge in [0.1, 0.15) is 22.4 Å². The Kier molecular flexibility index (Phi) is 9.83. The Balaban J connectivity index is 1.35. The number of nitrogens with two attached hydrogens (primary N) is 2. The summed E-state index contributed by atoms with van der Waals surface area (Å²) in [6.07, 6.45) is 4.77. The van der Waals surface area contributed by atoms with Gasteiger partial charge in [0.15, 0.2) is 5.88 Å². The number of aromatic amines is 1. The van der Waals surface area contributed by atoms with Crippen LogP contribution in [0.4, 0.5) is 19.0 Å². The number of H-pyrrole nitrogens is 1. The lowest BCUT2D eigenvalue weighted by Gasteiger charge is -2.43. The summed E-state index contributed by atoms with van der Waals surface area (Å²) in [5.74, 6) is 1.51. The van der Waals surface area contributed by atoms with Crippen LogP contribution in [0.25, 0.3) is 0 Å². The second kappa shape index (κ2) is 13.0. The first kappa shape index (κ1) is 32.4.